The zero-order chi connectivity index (χ0) is 10.6. The number of Topliss-reactive ketones (excluding diaryl/α,β-unsaturated/α-hetero) is 1. The quantitative estimate of drug-likeness (QED) is 0.609. The molecule has 0 aliphatic heterocycles. The normalized spacial score (nSPS) is 12.5. The molecule has 0 radical (unpaired) electrons. The first kappa shape index (κ1) is 11.6. The molecule has 0 heterocycles. The SMILES string of the molecule is CC(C)C(=O)C(CC(=O)O)C(=O)O. The minimum absolute atomic E-state index is 0.458. The Kier molecular flexibility index (Phi) is 4.10. The van der Waals surface area contributed by atoms with Crippen LogP contribution in [0.1, 0.15) is 20.3 Å². The average Bonchev–Trinajstić information content (AvgIpc) is 1.97. The maximum Gasteiger partial charge on any atom is 0.314 e. The van der Waals surface area contributed by atoms with Crippen molar-refractivity contribution in [1.82, 2.24) is 0 Å². The van der Waals surface area contributed by atoms with E-state index in [0.29, 0.717) is 0 Å². The number of carboxylic acids is 2. The third kappa shape index (κ3) is 3.68. The lowest BCUT2D eigenvalue weighted by molar-refractivity contribution is -0.153. The Hall–Kier alpha value is -1.39. The maximum absolute atomic E-state index is 11.2. The Morgan fingerprint density at radius 3 is 1.85 bits per heavy atom. The molecule has 0 aliphatic rings. The lowest BCUT2D eigenvalue weighted by atomic mass is 9.93. The number of hydrogen-bond acceptors (Lipinski definition) is 3. The van der Waals surface area contributed by atoms with E-state index in [1.54, 1.807) is 13.8 Å². The second kappa shape index (κ2) is 4.59. The fourth-order valence-corrected chi connectivity index (χ4v) is 0.887. The molecule has 0 aromatic heterocycles. The summed E-state index contributed by atoms with van der Waals surface area (Å²) in [6.07, 6.45) is -0.646. The van der Waals surface area contributed by atoms with Crippen LogP contribution >= 0.6 is 0 Å². The first-order valence-corrected chi connectivity index (χ1v) is 3.84. The van der Waals surface area contributed by atoms with E-state index in [1.165, 1.54) is 0 Å². The van der Waals surface area contributed by atoms with Gasteiger partial charge < -0.3 is 10.2 Å². The number of ketones is 1. The van der Waals surface area contributed by atoms with E-state index in [4.69, 9.17) is 10.2 Å². The molecule has 0 bridgehead atoms. The average molecular weight is 188 g/mol. The Labute approximate surface area is 75.4 Å². The van der Waals surface area contributed by atoms with Gasteiger partial charge in [-0.25, -0.2) is 0 Å². The van der Waals surface area contributed by atoms with E-state index >= 15 is 0 Å². The molecule has 0 spiro atoms. The zero-order valence-corrected chi connectivity index (χ0v) is 7.48. The first-order chi connectivity index (χ1) is 5.86. The van der Waals surface area contributed by atoms with Gasteiger partial charge in [-0.3, -0.25) is 14.4 Å². The van der Waals surface area contributed by atoms with Crippen molar-refractivity contribution in [2.24, 2.45) is 11.8 Å². The first-order valence-electron chi connectivity index (χ1n) is 3.84. The topological polar surface area (TPSA) is 91.7 Å². The van der Waals surface area contributed by atoms with Crippen LogP contribution in [0.4, 0.5) is 0 Å². The smallest absolute Gasteiger partial charge is 0.314 e. The second-order valence-electron chi connectivity index (χ2n) is 3.05. The van der Waals surface area contributed by atoms with E-state index in [1.807, 2.05) is 0 Å². The van der Waals surface area contributed by atoms with Crippen molar-refractivity contribution in [3.05, 3.63) is 0 Å². The molecule has 0 aromatic rings. The molecule has 0 fully saturated rings. The van der Waals surface area contributed by atoms with Crippen LogP contribution < -0.4 is 0 Å². The standard InChI is InChI=1S/C8H12O5/c1-4(2)7(11)5(8(12)13)3-6(9)10/h4-5H,3H2,1-2H3,(H,9,10)(H,12,13). The Balaban J connectivity index is 4.52. The van der Waals surface area contributed by atoms with E-state index in [9.17, 15) is 14.4 Å². The van der Waals surface area contributed by atoms with E-state index in [2.05, 4.69) is 0 Å². The molecule has 74 valence electrons. The lowest BCUT2D eigenvalue weighted by Gasteiger charge is -2.10. The monoisotopic (exact) mass is 188 g/mol. The summed E-state index contributed by atoms with van der Waals surface area (Å²) in [6, 6.07) is 0. The highest BCUT2D eigenvalue weighted by Crippen LogP contribution is 2.11. The number of hydrogen-bond donors (Lipinski definition) is 2. The summed E-state index contributed by atoms with van der Waals surface area (Å²) in [6.45, 7) is 3.08. The molecule has 0 aliphatic carbocycles. The molecule has 2 N–H and O–H groups in total. The van der Waals surface area contributed by atoms with Gasteiger partial charge in [-0.05, 0) is 0 Å². The van der Waals surface area contributed by atoms with Crippen molar-refractivity contribution in [2.75, 3.05) is 0 Å². The summed E-state index contributed by atoms with van der Waals surface area (Å²) in [5.41, 5.74) is 0. The molecule has 0 aromatic carbocycles. The molecule has 13 heavy (non-hydrogen) atoms. The van der Waals surface area contributed by atoms with Crippen molar-refractivity contribution >= 4 is 17.7 Å². The van der Waals surface area contributed by atoms with Crippen molar-refractivity contribution in [1.29, 1.82) is 0 Å². The van der Waals surface area contributed by atoms with Crippen LogP contribution in [0.25, 0.3) is 0 Å². The largest absolute Gasteiger partial charge is 0.481 e. The summed E-state index contributed by atoms with van der Waals surface area (Å²) in [7, 11) is 0. The number of carbonyl (C=O) groups excluding carboxylic acids is 1. The van der Waals surface area contributed by atoms with Gasteiger partial charge in [0.15, 0.2) is 0 Å². The minimum atomic E-state index is -1.42. The van der Waals surface area contributed by atoms with Gasteiger partial charge in [0.2, 0.25) is 0 Å². The summed E-state index contributed by atoms with van der Waals surface area (Å²) < 4.78 is 0. The third-order valence-corrected chi connectivity index (χ3v) is 1.59. The molecule has 0 saturated carbocycles. The maximum atomic E-state index is 11.2. The lowest BCUT2D eigenvalue weighted by Crippen LogP contribution is -2.29. The van der Waals surface area contributed by atoms with Crippen LogP contribution in [0.3, 0.4) is 0 Å². The highest BCUT2D eigenvalue weighted by molar-refractivity contribution is 6.01. The van der Waals surface area contributed by atoms with Gasteiger partial charge in [0.25, 0.3) is 0 Å². The van der Waals surface area contributed by atoms with Crippen LogP contribution in [0.15, 0.2) is 0 Å². The molecule has 5 heteroatoms. The molecule has 0 rings (SSSR count). The fourth-order valence-electron chi connectivity index (χ4n) is 0.887. The molecule has 5 nitrogen and oxygen atoms in total. The molecule has 0 amide bonds. The highest BCUT2D eigenvalue weighted by atomic mass is 16.4. The van der Waals surface area contributed by atoms with E-state index < -0.39 is 36.0 Å². The molecular formula is C8H12O5. The van der Waals surface area contributed by atoms with Gasteiger partial charge >= 0.3 is 11.9 Å². The summed E-state index contributed by atoms with van der Waals surface area (Å²) in [5.74, 6) is -5.07. The van der Waals surface area contributed by atoms with Crippen molar-refractivity contribution in [3.8, 4) is 0 Å². The van der Waals surface area contributed by atoms with E-state index in [0.717, 1.165) is 0 Å². The van der Waals surface area contributed by atoms with Crippen LogP contribution in [-0.2, 0) is 14.4 Å². The Morgan fingerprint density at radius 1 is 1.15 bits per heavy atom. The van der Waals surface area contributed by atoms with Gasteiger partial charge in [0, 0.05) is 5.92 Å². The van der Waals surface area contributed by atoms with Crippen LogP contribution in [0.2, 0.25) is 0 Å². The number of carbonyl (C=O) groups is 3. The van der Waals surface area contributed by atoms with Gasteiger partial charge in [-0.15, -0.1) is 0 Å². The van der Waals surface area contributed by atoms with Gasteiger partial charge in [-0.1, -0.05) is 13.8 Å². The number of carboxylic acid groups (broad SMARTS) is 2. The van der Waals surface area contributed by atoms with E-state index in [-0.39, 0.29) is 0 Å². The number of rotatable bonds is 5. The van der Waals surface area contributed by atoms with Gasteiger partial charge in [0.05, 0.1) is 6.42 Å². The minimum Gasteiger partial charge on any atom is -0.481 e. The van der Waals surface area contributed by atoms with Crippen molar-refractivity contribution < 1.29 is 24.6 Å². The predicted octanol–water partition coefficient (Wildman–Crippen LogP) is 0.387. The van der Waals surface area contributed by atoms with Gasteiger partial charge in [-0.2, -0.15) is 0 Å². The Bertz CT molecular complexity index is 231. The molecule has 1 atom stereocenters. The summed E-state index contributed by atoms with van der Waals surface area (Å²) >= 11 is 0. The highest BCUT2D eigenvalue weighted by Gasteiger charge is 2.30. The Morgan fingerprint density at radius 2 is 1.62 bits per heavy atom. The number of aliphatic carboxylic acids is 2. The van der Waals surface area contributed by atoms with Gasteiger partial charge in [0.1, 0.15) is 11.7 Å². The summed E-state index contributed by atoms with van der Waals surface area (Å²) in [4.78, 5) is 31.9. The van der Waals surface area contributed by atoms with Crippen LogP contribution in [0.5, 0.6) is 0 Å². The zero-order valence-electron chi connectivity index (χ0n) is 7.48. The molecule has 0 saturated heterocycles. The fraction of sp³-hybridized carbons (Fsp3) is 0.625. The van der Waals surface area contributed by atoms with Crippen molar-refractivity contribution in [3.63, 3.8) is 0 Å². The predicted molar refractivity (Wildman–Crippen MR) is 43.2 cm³/mol. The summed E-state index contributed by atoms with van der Waals surface area (Å²) in [5, 5.41) is 16.9. The van der Waals surface area contributed by atoms with Crippen LogP contribution in [0, 0.1) is 11.8 Å². The van der Waals surface area contributed by atoms with Crippen LogP contribution in [-0.4, -0.2) is 27.9 Å². The molecular weight excluding hydrogens is 176 g/mol. The van der Waals surface area contributed by atoms with Crippen molar-refractivity contribution in [2.45, 2.75) is 20.3 Å². The third-order valence-electron chi connectivity index (χ3n) is 1.59. The molecule has 1 unspecified atom stereocenters. The second-order valence-corrected chi connectivity index (χ2v) is 3.05.